The second kappa shape index (κ2) is 9.89. The fourth-order valence-corrected chi connectivity index (χ4v) is 5.47. The molecule has 1 aliphatic heterocycles. The normalized spacial score (nSPS) is 15.8. The molecule has 5 aromatic rings. The second-order valence-corrected chi connectivity index (χ2v) is 10.0. The average Bonchev–Trinajstić information content (AvgIpc) is 3.58. The Bertz CT molecular complexity index is 1620. The number of morpholine rings is 1. The first-order valence-electron chi connectivity index (χ1n) is 11.7. The predicted octanol–water partition coefficient (Wildman–Crippen LogP) is 2.83. The lowest BCUT2D eigenvalue weighted by molar-refractivity contribution is 0.0400. The highest BCUT2D eigenvalue weighted by molar-refractivity contribution is 7.19. The Kier molecular flexibility index (Phi) is 6.27. The highest BCUT2D eigenvalue weighted by Crippen LogP contribution is 2.32. The summed E-state index contributed by atoms with van der Waals surface area (Å²) in [6, 6.07) is 4.93. The fourth-order valence-electron chi connectivity index (χ4n) is 4.44. The minimum Gasteiger partial charge on any atom is -0.370 e. The number of carbonyl (C=O) groups is 1. The van der Waals surface area contributed by atoms with Gasteiger partial charge in [-0.05, 0) is 23.8 Å². The number of hydrogen-bond acceptors (Lipinski definition) is 11. The molecule has 38 heavy (non-hydrogen) atoms. The van der Waals surface area contributed by atoms with Crippen LogP contribution >= 0.6 is 11.3 Å². The van der Waals surface area contributed by atoms with Crippen molar-refractivity contribution < 1.29 is 19.1 Å². The zero-order chi connectivity index (χ0) is 26.2. The van der Waals surface area contributed by atoms with Gasteiger partial charge in [0.05, 0.1) is 53.4 Å². The van der Waals surface area contributed by atoms with Gasteiger partial charge in [0.1, 0.15) is 11.9 Å². The van der Waals surface area contributed by atoms with Gasteiger partial charge in [-0.2, -0.15) is 5.10 Å². The van der Waals surface area contributed by atoms with Crippen molar-refractivity contribution >= 4 is 50.3 Å². The van der Waals surface area contributed by atoms with E-state index in [1.54, 1.807) is 23.0 Å². The molecule has 194 valence electrons. The summed E-state index contributed by atoms with van der Waals surface area (Å²) >= 11 is 1.57. The molecular formula is C24H22FN9O3S. The molecule has 5 heterocycles. The maximum atomic E-state index is 14.2. The second-order valence-electron chi connectivity index (χ2n) is 8.83. The summed E-state index contributed by atoms with van der Waals surface area (Å²) < 4.78 is 21.2. The number of aromatic nitrogens is 6. The molecule has 0 radical (unpaired) electrons. The average molecular weight is 536 g/mol. The van der Waals surface area contributed by atoms with Gasteiger partial charge in [0.2, 0.25) is 11.9 Å². The number of fused-ring (bicyclic) bond motifs is 2. The molecule has 1 saturated heterocycles. The number of hydroxylamine groups is 1. The molecule has 0 aliphatic carbocycles. The number of thiophene rings is 1. The predicted molar refractivity (Wildman–Crippen MR) is 138 cm³/mol. The van der Waals surface area contributed by atoms with E-state index in [9.17, 15) is 9.18 Å². The van der Waals surface area contributed by atoms with E-state index in [0.717, 1.165) is 26.0 Å². The topological polar surface area (TPSA) is 145 Å². The van der Waals surface area contributed by atoms with Crippen LogP contribution in [0.3, 0.4) is 0 Å². The maximum Gasteiger partial charge on any atom is 0.277 e. The van der Waals surface area contributed by atoms with Crippen LogP contribution in [-0.4, -0.2) is 68.0 Å². The van der Waals surface area contributed by atoms with Gasteiger partial charge in [-0.25, -0.2) is 29.8 Å². The van der Waals surface area contributed by atoms with Crippen LogP contribution in [0.1, 0.15) is 26.9 Å². The Morgan fingerprint density at radius 2 is 2.11 bits per heavy atom. The summed E-state index contributed by atoms with van der Waals surface area (Å²) in [5, 5.41) is 16.4. The molecule has 4 aromatic heterocycles. The summed E-state index contributed by atoms with van der Waals surface area (Å²) in [7, 11) is 1.85. The number of benzene rings is 1. The van der Waals surface area contributed by atoms with Gasteiger partial charge in [0.25, 0.3) is 5.91 Å². The molecule has 1 amide bonds. The molecule has 3 N–H and O–H groups in total. The van der Waals surface area contributed by atoms with Crippen molar-refractivity contribution in [1.29, 1.82) is 0 Å². The number of hydrogen-bond donors (Lipinski definition) is 3. The summed E-state index contributed by atoms with van der Waals surface area (Å²) in [6.45, 7) is 2.09. The Balaban J connectivity index is 1.19. The van der Waals surface area contributed by atoms with E-state index in [1.165, 1.54) is 24.5 Å². The third-order valence-corrected chi connectivity index (χ3v) is 7.34. The summed E-state index contributed by atoms with van der Waals surface area (Å²) in [4.78, 5) is 34.2. The van der Waals surface area contributed by atoms with E-state index >= 15 is 0 Å². The maximum absolute atomic E-state index is 14.2. The molecule has 12 nitrogen and oxygen atoms in total. The van der Waals surface area contributed by atoms with Crippen molar-refractivity contribution in [3.63, 3.8) is 0 Å². The standard InChI is InChI=1S/C24H22FN9O3S/c1-33(23-26-7-13(8-27-23)22(35)32-36)11-15-6-19-21(38-15)10-28-24(30-19)34-2-3-37-20(12-34)16-4-14(25)5-18-17(16)9-29-31-18/h4-10,20,36H,2-3,11-12H2,1H3,(H,29,31)(H,32,35). The zero-order valence-electron chi connectivity index (χ0n) is 20.1. The summed E-state index contributed by atoms with van der Waals surface area (Å²) in [5.41, 5.74) is 3.92. The van der Waals surface area contributed by atoms with Gasteiger partial charge in [-0.15, -0.1) is 11.3 Å². The van der Waals surface area contributed by atoms with Crippen LogP contribution in [0.2, 0.25) is 0 Å². The van der Waals surface area contributed by atoms with E-state index in [2.05, 4.69) is 25.1 Å². The summed E-state index contributed by atoms with van der Waals surface area (Å²) in [5.74, 6) is 0.00914. The van der Waals surface area contributed by atoms with Gasteiger partial charge in [-0.1, -0.05) is 0 Å². The molecule has 1 atom stereocenters. The third-order valence-electron chi connectivity index (χ3n) is 6.30. The van der Waals surface area contributed by atoms with E-state index < -0.39 is 5.91 Å². The monoisotopic (exact) mass is 535 g/mol. The molecule has 1 fully saturated rings. The van der Waals surface area contributed by atoms with Gasteiger partial charge >= 0.3 is 0 Å². The zero-order valence-corrected chi connectivity index (χ0v) is 20.9. The lowest BCUT2D eigenvalue weighted by Crippen LogP contribution is -2.39. The minimum atomic E-state index is -0.671. The van der Waals surface area contributed by atoms with E-state index in [-0.39, 0.29) is 17.5 Å². The van der Waals surface area contributed by atoms with Gasteiger partial charge in [0, 0.05) is 36.2 Å². The molecular weight excluding hydrogens is 513 g/mol. The van der Waals surface area contributed by atoms with E-state index in [1.807, 2.05) is 29.1 Å². The van der Waals surface area contributed by atoms with Crippen molar-refractivity contribution in [1.82, 2.24) is 35.6 Å². The highest BCUT2D eigenvalue weighted by atomic mass is 32.1. The SMILES string of the molecule is CN(Cc1cc2nc(N3CCOC(c4cc(F)cc5[nH]ncc45)C3)ncc2s1)c1ncc(C(=O)NO)cn1. The highest BCUT2D eigenvalue weighted by Gasteiger charge is 2.26. The van der Waals surface area contributed by atoms with Crippen LogP contribution < -0.4 is 15.3 Å². The quantitative estimate of drug-likeness (QED) is 0.219. The van der Waals surface area contributed by atoms with Crippen molar-refractivity contribution in [2.45, 2.75) is 12.6 Å². The van der Waals surface area contributed by atoms with Crippen LogP contribution in [0.25, 0.3) is 21.1 Å². The number of ether oxygens (including phenoxy) is 1. The summed E-state index contributed by atoms with van der Waals surface area (Å²) in [6.07, 6.45) is 5.85. The number of amides is 1. The first-order valence-corrected chi connectivity index (χ1v) is 12.5. The molecule has 0 bridgehead atoms. The lowest BCUT2D eigenvalue weighted by Gasteiger charge is -2.33. The molecule has 0 saturated carbocycles. The van der Waals surface area contributed by atoms with Gasteiger partial charge in [0.15, 0.2) is 0 Å². The van der Waals surface area contributed by atoms with Gasteiger partial charge < -0.3 is 14.5 Å². The fraction of sp³-hybridized carbons (Fsp3) is 0.250. The van der Waals surface area contributed by atoms with E-state index in [4.69, 9.17) is 14.9 Å². The lowest BCUT2D eigenvalue weighted by atomic mass is 10.0. The Morgan fingerprint density at radius 3 is 2.92 bits per heavy atom. The van der Waals surface area contributed by atoms with Gasteiger partial charge in [-0.3, -0.25) is 15.1 Å². The Morgan fingerprint density at radius 1 is 1.26 bits per heavy atom. The van der Waals surface area contributed by atoms with Crippen molar-refractivity contribution in [3.8, 4) is 0 Å². The van der Waals surface area contributed by atoms with Crippen molar-refractivity contribution in [3.05, 3.63) is 64.8 Å². The number of halogens is 1. The first kappa shape index (κ1) is 24.1. The van der Waals surface area contributed by atoms with E-state index in [0.29, 0.717) is 43.7 Å². The first-order chi connectivity index (χ1) is 18.5. The Labute approximate surface area is 219 Å². The molecule has 1 aliphatic rings. The van der Waals surface area contributed by atoms with Crippen LogP contribution in [-0.2, 0) is 11.3 Å². The van der Waals surface area contributed by atoms with Crippen LogP contribution in [0.15, 0.2) is 43.0 Å². The van der Waals surface area contributed by atoms with Crippen LogP contribution in [0.5, 0.6) is 0 Å². The smallest absolute Gasteiger partial charge is 0.277 e. The van der Waals surface area contributed by atoms with Crippen LogP contribution in [0, 0.1) is 5.82 Å². The minimum absolute atomic E-state index is 0.159. The number of anilines is 2. The largest absolute Gasteiger partial charge is 0.370 e. The number of nitrogens with one attached hydrogen (secondary N) is 2. The van der Waals surface area contributed by atoms with Crippen molar-refractivity contribution in [2.75, 3.05) is 36.5 Å². The van der Waals surface area contributed by atoms with Crippen molar-refractivity contribution in [2.24, 2.45) is 0 Å². The number of nitrogens with zero attached hydrogens (tertiary/aromatic N) is 7. The molecule has 1 unspecified atom stereocenters. The van der Waals surface area contributed by atoms with Crippen LogP contribution in [0.4, 0.5) is 16.3 Å². The molecule has 0 spiro atoms. The number of carbonyl (C=O) groups excluding carboxylic acids is 1. The molecule has 1 aromatic carbocycles. The Hall–Kier alpha value is -4.27. The number of H-pyrrole nitrogens is 1. The third kappa shape index (κ3) is 4.60. The number of aromatic amines is 1. The number of rotatable bonds is 6. The molecule has 6 rings (SSSR count). The molecule has 14 heteroatoms.